The van der Waals surface area contributed by atoms with Crippen molar-refractivity contribution < 1.29 is 24.2 Å². The van der Waals surface area contributed by atoms with Crippen molar-refractivity contribution in [3.63, 3.8) is 0 Å². The molecular formula is C23H22BNO5. The molecule has 3 aromatic rings. The van der Waals surface area contributed by atoms with Gasteiger partial charge in [0.05, 0.1) is 16.8 Å². The largest absolute Gasteiger partial charge is 0.478 e. The van der Waals surface area contributed by atoms with Crippen LogP contribution in [0.2, 0.25) is 0 Å². The molecule has 0 atom stereocenters. The van der Waals surface area contributed by atoms with E-state index in [1.807, 2.05) is 44.2 Å². The molecular weight excluding hydrogens is 381 g/mol. The van der Waals surface area contributed by atoms with E-state index >= 15 is 0 Å². The van der Waals surface area contributed by atoms with Crippen LogP contribution in [0.4, 0.5) is 5.69 Å². The average Bonchev–Trinajstić information content (AvgIpc) is 2.77. The summed E-state index contributed by atoms with van der Waals surface area (Å²) in [6.45, 7) is -0.00435. The van der Waals surface area contributed by atoms with Gasteiger partial charge >= 0.3 is 5.97 Å². The molecule has 0 saturated heterocycles. The van der Waals surface area contributed by atoms with E-state index in [1.165, 1.54) is 13.2 Å². The number of anilines is 1. The first-order valence-electron chi connectivity index (χ1n) is 9.52. The van der Waals surface area contributed by atoms with Gasteiger partial charge in [-0.3, -0.25) is 4.79 Å². The van der Waals surface area contributed by atoms with E-state index in [4.69, 9.17) is 9.47 Å². The molecule has 7 heteroatoms. The highest BCUT2D eigenvalue weighted by atomic mass is 16.7. The summed E-state index contributed by atoms with van der Waals surface area (Å²) in [7, 11) is 3.48. The number of benzene rings is 3. The topological polar surface area (TPSA) is 84.9 Å². The van der Waals surface area contributed by atoms with Gasteiger partial charge in [-0.25, -0.2) is 4.79 Å². The van der Waals surface area contributed by atoms with Crippen LogP contribution in [0.3, 0.4) is 0 Å². The van der Waals surface area contributed by atoms with Gasteiger partial charge in [-0.05, 0) is 35.4 Å². The first kappa shape index (κ1) is 21.1. The Hall–Kier alpha value is -3.58. The number of hydrogen-bond acceptors (Lipinski definition) is 4. The van der Waals surface area contributed by atoms with Crippen molar-refractivity contribution >= 4 is 25.4 Å². The molecule has 0 unspecified atom stereocenters. The zero-order valence-electron chi connectivity index (χ0n) is 16.8. The number of amides is 1. The number of carbonyl (C=O) groups excluding carboxylic acids is 1. The van der Waals surface area contributed by atoms with Crippen LogP contribution in [-0.2, 0) is 11.1 Å². The van der Waals surface area contributed by atoms with Crippen LogP contribution in [-0.4, -0.2) is 38.7 Å². The number of hydrogen-bond donors (Lipinski definition) is 2. The fourth-order valence-electron chi connectivity index (χ4n) is 3.06. The van der Waals surface area contributed by atoms with E-state index in [0.717, 1.165) is 23.0 Å². The smallest absolute Gasteiger partial charge is 0.337 e. The van der Waals surface area contributed by atoms with Crippen molar-refractivity contribution in [3.05, 3.63) is 83.4 Å². The Morgan fingerprint density at radius 3 is 2.40 bits per heavy atom. The van der Waals surface area contributed by atoms with Gasteiger partial charge in [0, 0.05) is 7.11 Å². The molecule has 2 N–H and O–H groups in total. The minimum atomic E-state index is -1.12. The Morgan fingerprint density at radius 2 is 1.73 bits per heavy atom. The maximum atomic E-state index is 13.1. The molecule has 30 heavy (non-hydrogen) atoms. The number of nitrogens with one attached hydrogen (secondary N) is 1. The van der Waals surface area contributed by atoms with E-state index in [-0.39, 0.29) is 18.0 Å². The molecule has 0 radical (unpaired) electrons. The highest BCUT2D eigenvalue weighted by molar-refractivity contribution is 6.11. The summed E-state index contributed by atoms with van der Waals surface area (Å²) in [6, 6.07) is 19.7. The van der Waals surface area contributed by atoms with Crippen LogP contribution < -0.4 is 10.1 Å². The summed E-state index contributed by atoms with van der Waals surface area (Å²) in [5, 5.41) is 12.3. The number of aromatic carboxylic acids is 1. The van der Waals surface area contributed by atoms with Crippen LogP contribution >= 0.6 is 0 Å². The molecule has 0 bridgehead atoms. The maximum Gasteiger partial charge on any atom is 0.337 e. The molecule has 0 fully saturated rings. The number of rotatable bonds is 8. The molecule has 3 aromatic carbocycles. The van der Waals surface area contributed by atoms with Gasteiger partial charge in [-0.15, -0.1) is 0 Å². The SMILES string of the molecule is BCc1ccc(OCOC)c(C(=O)Nc2cc(-c3ccccc3)ccc2C(=O)O)c1. The highest BCUT2D eigenvalue weighted by Gasteiger charge is 2.18. The fraction of sp³-hybridized carbons (Fsp3) is 0.130. The van der Waals surface area contributed by atoms with Gasteiger partial charge in [0.2, 0.25) is 0 Å². The highest BCUT2D eigenvalue weighted by Crippen LogP contribution is 2.28. The molecule has 0 spiro atoms. The molecule has 0 aliphatic heterocycles. The lowest BCUT2D eigenvalue weighted by atomic mass is 9.95. The molecule has 0 saturated carbocycles. The Bertz CT molecular complexity index is 1050. The summed E-state index contributed by atoms with van der Waals surface area (Å²) in [6.07, 6.45) is 0.745. The van der Waals surface area contributed by atoms with E-state index < -0.39 is 11.9 Å². The Morgan fingerprint density at radius 1 is 0.967 bits per heavy atom. The lowest BCUT2D eigenvalue weighted by molar-refractivity contribution is 0.0503. The van der Waals surface area contributed by atoms with Gasteiger partial charge in [0.25, 0.3) is 5.91 Å². The number of carbonyl (C=O) groups is 2. The van der Waals surface area contributed by atoms with E-state index in [2.05, 4.69) is 5.32 Å². The molecule has 6 nitrogen and oxygen atoms in total. The lowest BCUT2D eigenvalue weighted by Gasteiger charge is -2.14. The van der Waals surface area contributed by atoms with Crippen molar-refractivity contribution in [1.82, 2.24) is 0 Å². The molecule has 0 aromatic heterocycles. The minimum absolute atomic E-state index is 0.00435. The van der Waals surface area contributed by atoms with E-state index in [9.17, 15) is 14.7 Å². The first-order chi connectivity index (χ1) is 14.5. The van der Waals surface area contributed by atoms with Gasteiger partial charge in [0.1, 0.15) is 13.6 Å². The van der Waals surface area contributed by atoms with E-state index in [1.54, 1.807) is 24.3 Å². The normalized spacial score (nSPS) is 10.4. The summed E-state index contributed by atoms with van der Waals surface area (Å²) in [4.78, 5) is 24.8. The van der Waals surface area contributed by atoms with Gasteiger partial charge in [-0.1, -0.05) is 54.3 Å². The quantitative estimate of drug-likeness (QED) is 0.445. The number of methoxy groups -OCH3 is 1. The summed E-state index contributed by atoms with van der Waals surface area (Å²) < 4.78 is 10.5. The Kier molecular flexibility index (Phi) is 6.88. The number of ether oxygens (including phenoxy) is 2. The molecule has 0 aliphatic carbocycles. The number of carboxylic acids is 1. The summed E-state index contributed by atoms with van der Waals surface area (Å²) >= 11 is 0. The predicted octanol–water partition coefficient (Wildman–Crippen LogP) is 3.42. The van der Waals surface area contributed by atoms with Crippen LogP contribution in [0.1, 0.15) is 26.3 Å². The predicted molar refractivity (Wildman–Crippen MR) is 118 cm³/mol. The first-order valence-corrected chi connectivity index (χ1v) is 9.52. The Labute approximate surface area is 175 Å². The molecule has 0 aliphatic rings. The van der Waals surface area contributed by atoms with Crippen LogP contribution in [0.25, 0.3) is 11.1 Å². The third kappa shape index (κ3) is 4.88. The second kappa shape index (κ2) is 9.76. The van der Waals surface area contributed by atoms with Crippen molar-refractivity contribution in [3.8, 4) is 16.9 Å². The second-order valence-electron chi connectivity index (χ2n) is 6.62. The van der Waals surface area contributed by atoms with Crippen molar-refractivity contribution in [2.45, 2.75) is 6.32 Å². The van der Waals surface area contributed by atoms with Gasteiger partial charge in [0.15, 0.2) is 6.79 Å². The van der Waals surface area contributed by atoms with Crippen LogP contribution in [0.5, 0.6) is 5.75 Å². The molecule has 3 rings (SSSR count). The van der Waals surface area contributed by atoms with Gasteiger partial charge in [-0.2, -0.15) is 0 Å². The third-order valence-corrected chi connectivity index (χ3v) is 4.63. The molecule has 0 heterocycles. The second-order valence-corrected chi connectivity index (χ2v) is 6.62. The monoisotopic (exact) mass is 403 g/mol. The van der Waals surface area contributed by atoms with Crippen LogP contribution in [0.15, 0.2) is 66.7 Å². The summed E-state index contributed by atoms with van der Waals surface area (Å²) in [5.74, 6) is -1.21. The Balaban J connectivity index is 1.98. The van der Waals surface area contributed by atoms with E-state index in [0.29, 0.717) is 11.3 Å². The molecule has 1 amide bonds. The zero-order chi connectivity index (χ0) is 21.5. The average molecular weight is 403 g/mol. The zero-order valence-corrected chi connectivity index (χ0v) is 16.8. The fourth-order valence-corrected chi connectivity index (χ4v) is 3.06. The van der Waals surface area contributed by atoms with Gasteiger partial charge < -0.3 is 19.9 Å². The van der Waals surface area contributed by atoms with Crippen molar-refractivity contribution in [2.24, 2.45) is 0 Å². The van der Waals surface area contributed by atoms with Crippen LogP contribution in [0, 0.1) is 0 Å². The van der Waals surface area contributed by atoms with Crippen molar-refractivity contribution in [1.29, 1.82) is 0 Å². The third-order valence-electron chi connectivity index (χ3n) is 4.63. The summed E-state index contributed by atoms with van der Waals surface area (Å²) in [5.41, 5.74) is 3.22. The minimum Gasteiger partial charge on any atom is -0.478 e. The van der Waals surface area contributed by atoms with Crippen molar-refractivity contribution in [2.75, 3.05) is 19.2 Å². The maximum absolute atomic E-state index is 13.1. The number of carboxylic acid groups (broad SMARTS) is 1. The lowest BCUT2D eigenvalue weighted by Crippen LogP contribution is -2.17. The standard InChI is InChI=1S/C23H22BNO5/c1-29-14-30-21-10-7-15(13-24)11-19(21)22(26)25-20-12-17(8-9-18(20)23(27)28)16-5-3-2-4-6-16/h2-12H,13-14,24H2,1H3,(H,25,26)(H,27,28). The molecule has 152 valence electrons.